The molecule has 12 nitrogen and oxygen atoms in total. The summed E-state index contributed by atoms with van der Waals surface area (Å²) in [7, 11) is -5.08. The van der Waals surface area contributed by atoms with Gasteiger partial charge in [0.15, 0.2) is 6.29 Å². The second-order valence-corrected chi connectivity index (χ2v) is 17.0. The van der Waals surface area contributed by atoms with Crippen LogP contribution in [0.3, 0.4) is 0 Å². The van der Waals surface area contributed by atoms with Crippen molar-refractivity contribution in [3.05, 3.63) is 122 Å². The Balaban J connectivity index is 2.45. The first-order valence-electron chi connectivity index (χ1n) is 24.3. The first-order valence-corrected chi connectivity index (χ1v) is 25.7. The van der Waals surface area contributed by atoms with E-state index >= 15 is 0 Å². The normalized spacial score (nSPS) is 20.6. The average Bonchev–Trinajstić information content (AvgIpc) is 3.29. The molecular weight excluding hydrogens is 861 g/mol. The molecule has 0 saturated carbocycles. The monoisotopic (exact) mass is 945 g/mol. The molecule has 0 aromatic heterocycles. The van der Waals surface area contributed by atoms with Gasteiger partial charge in [0.1, 0.15) is 30.5 Å². The predicted molar refractivity (Wildman–Crippen MR) is 266 cm³/mol. The molecule has 66 heavy (non-hydrogen) atoms. The summed E-state index contributed by atoms with van der Waals surface area (Å²) in [5.74, 6) is -0.467. The number of esters is 1. The zero-order chi connectivity index (χ0) is 48.2. The number of carbonyl (C=O) groups is 1. The second kappa shape index (κ2) is 42.8. The van der Waals surface area contributed by atoms with Crippen LogP contribution in [0.5, 0.6) is 0 Å². The van der Waals surface area contributed by atoms with E-state index < -0.39 is 59.8 Å². The topological polar surface area (TPSA) is 178 Å². The highest BCUT2D eigenvalue weighted by molar-refractivity contribution is 7.80. The van der Waals surface area contributed by atoms with Crippen molar-refractivity contribution in [1.82, 2.24) is 0 Å². The van der Waals surface area contributed by atoms with Crippen molar-refractivity contribution in [2.75, 3.05) is 26.4 Å². The molecule has 0 aliphatic carbocycles. The number of unbranched alkanes of at least 4 members (excludes halogenated alkanes) is 7. The molecular formula is C53H84O12S. The lowest BCUT2D eigenvalue weighted by molar-refractivity contribution is -0.301. The first kappa shape index (κ1) is 60.5. The molecule has 1 saturated heterocycles. The van der Waals surface area contributed by atoms with E-state index in [1.54, 1.807) is 0 Å². The molecule has 4 N–H and O–H groups in total. The molecule has 6 atom stereocenters. The molecule has 13 heteroatoms. The predicted octanol–water partition coefficient (Wildman–Crippen LogP) is 11.0. The lowest BCUT2D eigenvalue weighted by Gasteiger charge is -2.41. The van der Waals surface area contributed by atoms with E-state index in [1.165, 1.54) is 0 Å². The van der Waals surface area contributed by atoms with E-state index in [4.69, 9.17) is 18.9 Å². The number of hydrogen-bond donors (Lipinski definition) is 4. The third-order valence-corrected chi connectivity index (χ3v) is 10.5. The number of aliphatic hydroxyl groups is 3. The second-order valence-electron chi connectivity index (χ2n) is 15.9. The minimum Gasteiger partial charge on any atom is -0.457 e. The van der Waals surface area contributed by atoms with Crippen molar-refractivity contribution in [2.45, 2.75) is 179 Å². The molecule has 1 aliphatic heterocycles. The van der Waals surface area contributed by atoms with Crippen molar-refractivity contribution >= 4 is 16.4 Å². The highest BCUT2D eigenvalue weighted by Crippen LogP contribution is 2.26. The summed E-state index contributed by atoms with van der Waals surface area (Å²) in [6.45, 7) is 3.62. The van der Waals surface area contributed by atoms with Crippen LogP contribution in [0.2, 0.25) is 0 Å². The zero-order valence-corrected chi connectivity index (χ0v) is 40.8. The van der Waals surface area contributed by atoms with Crippen molar-refractivity contribution in [1.29, 1.82) is 0 Å². The van der Waals surface area contributed by atoms with Gasteiger partial charge in [-0.05, 0) is 96.3 Å². The van der Waals surface area contributed by atoms with Crippen LogP contribution >= 0.6 is 0 Å². The SMILES string of the molecule is CC/C=C\C/C=C\C/C=C\C/C=C\C/C=C\CCCCCCCCOCC(COC1OC(CO)C(O)C(OS(=O)(=O)O)C1O)OC(=O)CCC/C=C\C/C=C\C/C=C\C/C=C\C/C=C\CC. The molecule has 1 aliphatic rings. The van der Waals surface area contributed by atoms with Gasteiger partial charge >= 0.3 is 16.4 Å². The number of carbonyl (C=O) groups excluding carboxylic acids is 1. The van der Waals surface area contributed by atoms with Crippen LogP contribution in [0.25, 0.3) is 0 Å². The van der Waals surface area contributed by atoms with Crippen LogP contribution in [0, 0.1) is 0 Å². The molecule has 1 fully saturated rings. The molecule has 0 aromatic rings. The molecule has 0 aromatic carbocycles. The Bertz CT molecular complexity index is 1610. The van der Waals surface area contributed by atoms with Gasteiger partial charge in [0.2, 0.25) is 0 Å². The fourth-order valence-corrected chi connectivity index (χ4v) is 7.01. The number of aliphatic hydroxyl groups excluding tert-OH is 3. The van der Waals surface area contributed by atoms with Crippen LogP contribution in [0.15, 0.2) is 122 Å². The van der Waals surface area contributed by atoms with Crippen molar-refractivity contribution in [3.63, 3.8) is 0 Å². The Kier molecular flexibility index (Phi) is 39.3. The van der Waals surface area contributed by atoms with Gasteiger partial charge < -0.3 is 34.3 Å². The van der Waals surface area contributed by atoms with Gasteiger partial charge in [0, 0.05) is 13.0 Å². The maximum absolute atomic E-state index is 12.9. The van der Waals surface area contributed by atoms with Gasteiger partial charge in [-0.2, -0.15) is 8.42 Å². The molecule has 0 amide bonds. The maximum Gasteiger partial charge on any atom is 0.397 e. The van der Waals surface area contributed by atoms with E-state index in [-0.39, 0.29) is 19.6 Å². The summed E-state index contributed by atoms with van der Waals surface area (Å²) in [4.78, 5) is 12.9. The Morgan fingerprint density at radius 2 is 1.00 bits per heavy atom. The van der Waals surface area contributed by atoms with Gasteiger partial charge in [-0.15, -0.1) is 0 Å². The van der Waals surface area contributed by atoms with Gasteiger partial charge in [0.05, 0.1) is 19.8 Å². The van der Waals surface area contributed by atoms with Gasteiger partial charge in [0.25, 0.3) is 0 Å². The van der Waals surface area contributed by atoms with Crippen molar-refractivity contribution in [3.8, 4) is 0 Å². The molecule has 6 unspecified atom stereocenters. The van der Waals surface area contributed by atoms with Crippen LogP contribution < -0.4 is 0 Å². The Morgan fingerprint density at radius 1 is 0.576 bits per heavy atom. The van der Waals surface area contributed by atoms with Crippen molar-refractivity contribution < 1.29 is 56.2 Å². The summed E-state index contributed by atoms with van der Waals surface area (Å²) >= 11 is 0. The third kappa shape index (κ3) is 35.7. The molecule has 1 heterocycles. The highest BCUT2D eigenvalue weighted by Gasteiger charge is 2.48. The summed E-state index contributed by atoms with van der Waals surface area (Å²) in [6, 6.07) is 0. The fraction of sp³-hybridized carbons (Fsp3) is 0.604. The smallest absolute Gasteiger partial charge is 0.397 e. The summed E-state index contributed by atoms with van der Waals surface area (Å²) in [5.41, 5.74) is 0. The molecule has 0 bridgehead atoms. The van der Waals surface area contributed by atoms with Crippen LogP contribution in [0.4, 0.5) is 0 Å². The number of allylic oxidation sites excluding steroid dienone is 20. The summed E-state index contributed by atoms with van der Waals surface area (Å²) in [6.07, 6.45) is 52.3. The maximum atomic E-state index is 12.9. The highest BCUT2D eigenvalue weighted by atomic mass is 32.3. The average molecular weight is 945 g/mol. The lowest BCUT2D eigenvalue weighted by atomic mass is 9.99. The Morgan fingerprint density at radius 3 is 1.45 bits per heavy atom. The minimum atomic E-state index is -5.08. The number of hydrogen-bond acceptors (Lipinski definition) is 11. The Hall–Kier alpha value is -3.50. The quantitative estimate of drug-likeness (QED) is 0.0198. The number of ether oxygens (including phenoxy) is 4. The summed E-state index contributed by atoms with van der Waals surface area (Å²) in [5, 5.41) is 30.7. The van der Waals surface area contributed by atoms with E-state index in [1.807, 2.05) is 6.08 Å². The molecule has 374 valence electrons. The van der Waals surface area contributed by atoms with E-state index in [9.17, 15) is 33.1 Å². The van der Waals surface area contributed by atoms with Crippen LogP contribution in [-0.4, -0.2) is 97.5 Å². The number of rotatable bonds is 40. The van der Waals surface area contributed by atoms with Gasteiger partial charge in [-0.25, -0.2) is 4.18 Å². The molecule has 0 radical (unpaired) electrons. The fourth-order valence-electron chi connectivity index (χ4n) is 6.50. The Labute approximate surface area is 398 Å². The summed E-state index contributed by atoms with van der Waals surface area (Å²) < 4.78 is 59.1. The van der Waals surface area contributed by atoms with E-state index in [2.05, 4.69) is 133 Å². The van der Waals surface area contributed by atoms with E-state index in [0.29, 0.717) is 19.4 Å². The van der Waals surface area contributed by atoms with Gasteiger partial charge in [-0.1, -0.05) is 161 Å². The van der Waals surface area contributed by atoms with Crippen LogP contribution in [-0.2, 0) is 38.3 Å². The van der Waals surface area contributed by atoms with E-state index in [0.717, 1.165) is 109 Å². The largest absolute Gasteiger partial charge is 0.457 e. The standard InChI is InChI=1S/C53H84O12S/c1-3-5-7-9-11-13-15-17-19-21-22-23-24-25-27-29-31-33-35-37-39-41-43-61-45-47(46-62-53-51(57)52(65-66(58,59)60)50(56)48(44-54)64-53)63-49(55)42-40-38-36-34-32-30-28-26-20-18-16-14-12-10-8-6-4-2/h5-8,11-14,17-20,22-23,25,27-28,30,34,36,47-48,50-54,56-57H,3-4,9-10,15-16,21,24,26,29,31-33,35,37-46H2,1-2H3,(H,58,59,60)/b7-5-,8-6-,13-11-,14-12-,19-17-,20-18-,23-22-,27-25-,30-28-,36-34-. The molecule has 0 spiro atoms. The molecule has 1 rings (SSSR count). The van der Waals surface area contributed by atoms with Crippen molar-refractivity contribution in [2.24, 2.45) is 0 Å². The minimum absolute atomic E-state index is 0.00637. The first-order chi connectivity index (χ1) is 32.1. The third-order valence-electron chi connectivity index (χ3n) is 10.1. The van der Waals surface area contributed by atoms with Gasteiger partial charge in [-0.3, -0.25) is 9.35 Å². The lowest BCUT2D eigenvalue weighted by Crippen LogP contribution is -2.60. The van der Waals surface area contributed by atoms with Crippen LogP contribution in [0.1, 0.15) is 142 Å². The zero-order valence-electron chi connectivity index (χ0n) is 39.9.